The van der Waals surface area contributed by atoms with Gasteiger partial charge in [0.1, 0.15) is 11.5 Å². The van der Waals surface area contributed by atoms with Crippen LogP contribution in [0.15, 0.2) is 30.6 Å². The highest BCUT2D eigenvalue weighted by atomic mass is 16.5. The highest BCUT2D eigenvalue weighted by molar-refractivity contribution is 6.19. The molecule has 1 aliphatic rings. The first-order valence-electron chi connectivity index (χ1n) is 6.53. The van der Waals surface area contributed by atoms with Crippen LogP contribution in [0, 0.1) is 0 Å². The molecule has 2 heterocycles. The Balaban J connectivity index is 1.95. The van der Waals surface area contributed by atoms with Crippen LogP contribution in [-0.4, -0.2) is 40.9 Å². The molecule has 0 aliphatic carbocycles. The molecule has 0 bridgehead atoms. The fourth-order valence-electron chi connectivity index (χ4n) is 2.32. The Labute approximate surface area is 126 Å². The van der Waals surface area contributed by atoms with Crippen molar-refractivity contribution in [3.05, 3.63) is 47.5 Å². The molecule has 2 aromatic rings. The first kappa shape index (κ1) is 14.0. The van der Waals surface area contributed by atoms with Crippen LogP contribution >= 0.6 is 0 Å². The van der Waals surface area contributed by atoms with Crippen LogP contribution in [0.5, 0.6) is 11.5 Å². The summed E-state index contributed by atoms with van der Waals surface area (Å²) in [6.07, 6.45) is 2.78. The van der Waals surface area contributed by atoms with Crippen LogP contribution in [0.4, 0.5) is 0 Å². The molecule has 0 fully saturated rings. The average molecular weight is 299 g/mol. The number of amides is 2. The predicted octanol–water partition coefficient (Wildman–Crippen LogP) is 1.29. The quantitative estimate of drug-likeness (QED) is 0.791. The summed E-state index contributed by atoms with van der Waals surface area (Å²) in [6, 6.07) is 5.19. The minimum atomic E-state index is -0.460. The van der Waals surface area contributed by atoms with Crippen LogP contribution < -0.4 is 9.47 Å². The van der Waals surface area contributed by atoms with Gasteiger partial charge in [0.05, 0.1) is 20.8 Å². The molecule has 0 saturated heterocycles. The second kappa shape index (κ2) is 5.44. The summed E-state index contributed by atoms with van der Waals surface area (Å²) in [5, 5.41) is 0. The van der Waals surface area contributed by atoms with Crippen molar-refractivity contribution in [2.45, 2.75) is 6.54 Å². The Bertz CT molecular complexity index is 725. The Morgan fingerprint density at radius 3 is 2.18 bits per heavy atom. The van der Waals surface area contributed by atoms with Crippen molar-refractivity contribution in [3.63, 3.8) is 0 Å². The fraction of sp³-hybridized carbons (Fsp3) is 0.200. The second-order valence-electron chi connectivity index (χ2n) is 4.63. The number of methoxy groups -OCH3 is 2. The number of fused-ring (bicyclic) bond motifs is 1. The average Bonchev–Trinajstić information content (AvgIpc) is 2.80. The van der Waals surface area contributed by atoms with Gasteiger partial charge in [-0.05, 0) is 18.2 Å². The standard InChI is InChI=1S/C15H13N3O4/c1-21-10-3-4-11(22-2)9(7-10)8-18-14(19)12-13(15(18)20)17-6-5-16-12/h3-7H,8H2,1-2H3. The van der Waals surface area contributed by atoms with Crippen molar-refractivity contribution in [1.82, 2.24) is 14.9 Å². The van der Waals surface area contributed by atoms with Gasteiger partial charge in [0.15, 0.2) is 11.4 Å². The van der Waals surface area contributed by atoms with E-state index in [0.29, 0.717) is 17.1 Å². The third-order valence-electron chi connectivity index (χ3n) is 3.41. The molecule has 22 heavy (non-hydrogen) atoms. The molecular weight excluding hydrogens is 286 g/mol. The Morgan fingerprint density at radius 1 is 1.00 bits per heavy atom. The van der Waals surface area contributed by atoms with Gasteiger partial charge in [0.25, 0.3) is 11.8 Å². The number of rotatable bonds is 4. The summed E-state index contributed by atoms with van der Waals surface area (Å²) in [6.45, 7) is 0.0656. The minimum absolute atomic E-state index is 0.0656. The summed E-state index contributed by atoms with van der Waals surface area (Å²) in [5.41, 5.74) is 0.820. The molecule has 0 spiro atoms. The van der Waals surface area contributed by atoms with Crippen molar-refractivity contribution in [2.24, 2.45) is 0 Å². The van der Waals surface area contributed by atoms with Gasteiger partial charge in [-0.25, -0.2) is 9.97 Å². The zero-order valence-electron chi connectivity index (χ0n) is 12.1. The molecule has 112 valence electrons. The largest absolute Gasteiger partial charge is 0.497 e. The third kappa shape index (κ3) is 2.16. The number of benzene rings is 1. The number of carbonyl (C=O) groups excluding carboxylic acids is 2. The van der Waals surface area contributed by atoms with Gasteiger partial charge in [-0.2, -0.15) is 0 Å². The topological polar surface area (TPSA) is 81.6 Å². The molecule has 0 atom stereocenters. The minimum Gasteiger partial charge on any atom is -0.497 e. The van der Waals surface area contributed by atoms with E-state index < -0.39 is 11.8 Å². The summed E-state index contributed by atoms with van der Waals surface area (Å²) < 4.78 is 10.4. The number of hydrogen-bond acceptors (Lipinski definition) is 6. The van der Waals surface area contributed by atoms with Crippen molar-refractivity contribution in [3.8, 4) is 11.5 Å². The maximum Gasteiger partial charge on any atom is 0.282 e. The predicted molar refractivity (Wildman–Crippen MR) is 75.8 cm³/mol. The van der Waals surface area contributed by atoms with E-state index in [4.69, 9.17) is 9.47 Å². The highest BCUT2D eigenvalue weighted by Crippen LogP contribution is 2.28. The molecule has 0 unspecified atom stereocenters. The number of carbonyl (C=O) groups is 2. The molecular formula is C15H13N3O4. The molecule has 7 heteroatoms. The van der Waals surface area contributed by atoms with Gasteiger partial charge < -0.3 is 9.47 Å². The number of hydrogen-bond donors (Lipinski definition) is 0. The zero-order chi connectivity index (χ0) is 15.7. The van der Waals surface area contributed by atoms with Gasteiger partial charge in [0.2, 0.25) is 0 Å². The first-order valence-corrected chi connectivity index (χ1v) is 6.53. The molecule has 1 aromatic heterocycles. The molecule has 2 amide bonds. The summed E-state index contributed by atoms with van der Waals surface area (Å²) >= 11 is 0. The lowest BCUT2D eigenvalue weighted by molar-refractivity contribution is 0.0637. The van der Waals surface area contributed by atoms with Crippen LogP contribution in [-0.2, 0) is 6.54 Å². The van der Waals surface area contributed by atoms with Gasteiger partial charge >= 0.3 is 0 Å². The van der Waals surface area contributed by atoms with Gasteiger partial charge in [0, 0.05) is 18.0 Å². The SMILES string of the molecule is COc1ccc(OC)c(CN2C(=O)c3nccnc3C2=O)c1. The highest BCUT2D eigenvalue weighted by Gasteiger charge is 2.38. The maximum absolute atomic E-state index is 12.3. The number of ether oxygens (including phenoxy) is 2. The van der Waals surface area contributed by atoms with E-state index in [1.807, 2.05) is 0 Å². The van der Waals surface area contributed by atoms with Crippen LogP contribution in [0.3, 0.4) is 0 Å². The summed E-state index contributed by atoms with van der Waals surface area (Å²) in [4.78, 5) is 33.5. The lowest BCUT2D eigenvalue weighted by Gasteiger charge is -2.16. The van der Waals surface area contributed by atoms with Crippen LogP contribution in [0.25, 0.3) is 0 Å². The lowest BCUT2D eigenvalue weighted by atomic mass is 10.1. The maximum atomic E-state index is 12.3. The van der Waals surface area contributed by atoms with E-state index >= 15 is 0 Å². The first-order chi connectivity index (χ1) is 10.7. The van der Waals surface area contributed by atoms with E-state index in [0.717, 1.165) is 4.90 Å². The number of imide groups is 1. The fourth-order valence-corrected chi connectivity index (χ4v) is 2.32. The van der Waals surface area contributed by atoms with Crippen molar-refractivity contribution >= 4 is 11.8 Å². The Hall–Kier alpha value is -2.96. The normalized spacial score (nSPS) is 13.3. The smallest absolute Gasteiger partial charge is 0.282 e. The third-order valence-corrected chi connectivity index (χ3v) is 3.41. The molecule has 1 aliphatic heterocycles. The van der Waals surface area contributed by atoms with E-state index in [-0.39, 0.29) is 17.9 Å². The monoisotopic (exact) mass is 299 g/mol. The Kier molecular flexibility index (Phi) is 3.46. The molecule has 1 aromatic carbocycles. The van der Waals surface area contributed by atoms with E-state index in [2.05, 4.69) is 9.97 Å². The van der Waals surface area contributed by atoms with Crippen molar-refractivity contribution in [1.29, 1.82) is 0 Å². The molecule has 0 radical (unpaired) electrons. The van der Waals surface area contributed by atoms with Gasteiger partial charge in [-0.3, -0.25) is 14.5 Å². The van der Waals surface area contributed by atoms with Crippen molar-refractivity contribution < 1.29 is 19.1 Å². The summed E-state index contributed by atoms with van der Waals surface area (Å²) in [5.74, 6) is 0.262. The van der Waals surface area contributed by atoms with Crippen LogP contribution in [0.1, 0.15) is 26.5 Å². The molecule has 7 nitrogen and oxygen atoms in total. The summed E-state index contributed by atoms with van der Waals surface area (Å²) in [7, 11) is 3.07. The lowest BCUT2D eigenvalue weighted by Crippen LogP contribution is -2.29. The van der Waals surface area contributed by atoms with Gasteiger partial charge in [-0.15, -0.1) is 0 Å². The second-order valence-corrected chi connectivity index (χ2v) is 4.63. The Morgan fingerprint density at radius 2 is 1.64 bits per heavy atom. The molecule has 0 N–H and O–H groups in total. The molecule has 3 rings (SSSR count). The van der Waals surface area contributed by atoms with E-state index in [1.54, 1.807) is 25.3 Å². The van der Waals surface area contributed by atoms with Crippen molar-refractivity contribution in [2.75, 3.05) is 14.2 Å². The van der Waals surface area contributed by atoms with Gasteiger partial charge in [-0.1, -0.05) is 0 Å². The molecule has 0 saturated carbocycles. The number of aromatic nitrogens is 2. The van der Waals surface area contributed by atoms with E-state index in [1.165, 1.54) is 19.5 Å². The zero-order valence-corrected chi connectivity index (χ0v) is 12.1. The van der Waals surface area contributed by atoms with Crippen LogP contribution in [0.2, 0.25) is 0 Å². The van der Waals surface area contributed by atoms with E-state index in [9.17, 15) is 9.59 Å². The number of nitrogens with zero attached hydrogens (tertiary/aromatic N) is 3.